The summed E-state index contributed by atoms with van der Waals surface area (Å²) in [4.78, 5) is 9.96. The van der Waals surface area contributed by atoms with Gasteiger partial charge in [-0.15, -0.1) is 0 Å². The maximum atomic E-state index is 9.96. The zero-order valence-corrected chi connectivity index (χ0v) is 5.79. The molecule has 4 heteroatoms. The number of rotatable bonds is 4. The number of hydrogen-bond acceptors (Lipinski definition) is 3. The van der Waals surface area contributed by atoms with E-state index >= 15 is 0 Å². The Morgan fingerprint density at radius 1 is 1.90 bits per heavy atom. The van der Waals surface area contributed by atoms with Crippen LogP contribution in [0.3, 0.4) is 0 Å². The molecule has 0 radical (unpaired) electrons. The van der Waals surface area contributed by atoms with E-state index in [0.717, 1.165) is 0 Å². The van der Waals surface area contributed by atoms with Crippen molar-refractivity contribution in [3.63, 3.8) is 0 Å². The summed E-state index contributed by atoms with van der Waals surface area (Å²) in [6, 6.07) is 1.60. The molecule has 0 saturated carbocycles. The Hall–Kier alpha value is -1.08. The largest absolute Gasteiger partial charge is 0.480 e. The van der Waals surface area contributed by atoms with Crippen LogP contribution in [0.15, 0.2) is 0 Å². The van der Waals surface area contributed by atoms with Gasteiger partial charge in [0.25, 0.3) is 0 Å². The monoisotopic (exact) mass is 142 g/mol. The molecule has 0 fully saturated rings. The van der Waals surface area contributed by atoms with E-state index in [1.807, 2.05) is 13.0 Å². The number of hydrogen-bond donors (Lipinski definition) is 2. The number of nitriles is 1. The average Bonchev–Trinajstić information content (AvgIpc) is 1.90. The van der Waals surface area contributed by atoms with Crippen molar-refractivity contribution in [3.05, 3.63) is 0 Å². The van der Waals surface area contributed by atoms with Crippen molar-refractivity contribution in [2.45, 2.75) is 19.4 Å². The SMILES string of the molecule is CCC(C#N)NCC(=O)O. The zero-order valence-electron chi connectivity index (χ0n) is 5.79. The van der Waals surface area contributed by atoms with Crippen LogP contribution in [0.1, 0.15) is 13.3 Å². The van der Waals surface area contributed by atoms with Gasteiger partial charge >= 0.3 is 5.97 Å². The van der Waals surface area contributed by atoms with Gasteiger partial charge in [-0.3, -0.25) is 10.1 Å². The Morgan fingerprint density at radius 2 is 2.50 bits per heavy atom. The lowest BCUT2D eigenvalue weighted by molar-refractivity contribution is -0.136. The molecular weight excluding hydrogens is 132 g/mol. The Kier molecular flexibility index (Phi) is 4.25. The van der Waals surface area contributed by atoms with Gasteiger partial charge in [0.15, 0.2) is 0 Å². The van der Waals surface area contributed by atoms with Gasteiger partial charge in [0.05, 0.1) is 18.7 Å². The van der Waals surface area contributed by atoms with Crippen molar-refractivity contribution in [1.82, 2.24) is 5.32 Å². The normalized spacial score (nSPS) is 12.0. The predicted molar refractivity (Wildman–Crippen MR) is 35.3 cm³/mol. The summed E-state index contributed by atoms with van der Waals surface area (Å²) in [6.45, 7) is 1.68. The third-order valence-corrected chi connectivity index (χ3v) is 1.06. The fourth-order valence-corrected chi connectivity index (χ4v) is 0.492. The van der Waals surface area contributed by atoms with Crippen molar-refractivity contribution < 1.29 is 9.90 Å². The van der Waals surface area contributed by atoms with E-state index in [0.29, 0.717) is 6.42 Å². The molecule has 0 heterocycles. The number of nitrogens with zero attached hydrogens (tertiary/aromatic N) is 1. The summed E-state index contributed by atoms with van der Waals surface area (Å²) in [7, 11) is 0. The molecule has 0 rings (SSSR count). The molecule has 1 unspecified atom stereocenters. The molecule has 0 aliphatic heterocycles. The van der Waals surface area contributed by atoms with E-state index in [9.17, 15) is 4.79 Å². The summed E-state index contributed by atoms with van der Waals surface area (Å²) in [5.74, 6) is -0.936. The quantitative estimate of drug-likeness (QED) is 0.577. The van der Waals surface area contributed by atoms with Crippen LogP contribution < -0.4 is 5.32 Å². The summed E-state index contributed by atoms with van der Waals surface area (Å²) in [5, 5.41) is 19.1. The highest BCUT2D eigenvalue weighted by Crippen LogP contribution is 1.85. The minimum absolute atomic E-state index is 0.147. The second-order valence-corrected chi connectivity index (χ2v) is 1.86. The molecule has 0 aromatic heterocycles. The number of aliphatic carboxylic acids is 1. The highest BCUT2D eigenvalue weighted by atomic mass is 16.4. The van der Waals surface area contributed by atoms with Crippen LogP contribution in [0.4, 0.5) is 0 Å². The molecule has 0 aromatic carbocycles. The lowest BCUT2D eigenvalue weighted by Crippen LogP contribution is -2.31. The first kappa shape index (κ1) is 8.92. The lowest BCUT2D eigenvalue weighted by Gasteiger charge is -2.04. The van der Waals surface area contributed by atoms with Crippen LogP contribution in [-0.2, 0) is 4.79 Å². The first-order valence-electron chi connectivity index (χ1n) is 3.05. The molecule has 0 aromatic rings. The van der Waals surface area contributed by atoms with Gasteiger partial charge in [-0.1, -0.05) is 6.92 Å². The van der Waals surface area contributed by atoms with E-state index in [-0.39, 0.29) is 12.6 Å². The van der Waals surface area contributed by atoms with E-state index in [1.165, 1.54) is 0 Å². The van der Waals surface area contributed by atoms with Gasteiger partial charge in [0, 0.05) is 0 Å². The van der Waals surface area contributed by atoms with Gasteiger partial charge in [-0.25, -0.2) is 0 Å². The Morgan fingerprint density at radius 3 is 2.80 bits per heavy atom. The number of carboxylic acid groups (broad SMARTS) is 1. The molecular formula is C6H10N2O2. The Balaban J connectivity index is 3.47. The van der Waals surface area contributed by atoms with Crippen LogP contribution >= 0.6 is 0 Å². The number of nitrogens with one attached hydrogen (secondary N) is 1. The van der Waals surface area contributed by atoms with Gasteiger partial charge in [0.2, 0.25) is 0 Å². The zero-order chi connectivity index (χ0) is 7.98. The fraction of sp³-hybridized carbons (Fsp3) is 0.667. The van der Waals surface area contributed by atoms with Crippen molar-refractivity contribution in [1.29, 1.82) is 5.26 Å². The van der Waals surface area contributed by atoms with Crippen molar-refractivity contribution in [3.8, 4) is 6.07 Å². The van der Waals surface area contributed by atoms with Gasteiger partial charge in [-0.2, -0.15) is 5.26 Å². The Bertz CT molecular complexity index is 150. The first-order chi connectivity index (χ1) is 4.70. The van der Waals surface area contributed by atoms with Crippen LogP contribution in [0, 0.1) is 11.3 Å². The maximum absolute atomic E-state index is 9.96. The maximum Gasteiger partial charge on any atom is 0.317 e. The van der Waals surface area contributed by atoms with Crippen LogP contribution in [-0.4, -0.2) is 23.7 Å². The number of carboxylic acids is 1. The predicted octanol–water partition coefficient (Wildman–Crippen LogP) is -0.0372. The third kappa shape index (κ3) is 3.87. The molecule has 0 aliphatic carbocycles. The van der Waals surface area contributed by atoms with Crippen LogP contribution in [0.5, 0.6) is 0 Å². The lowest BCUT2D eigenvalue weighted by atomic mass is 10.2. The van der Waals surface area contributed by atoms with Crippen LogP contribution in [0.25, 0.3) is 0 Å². The smallest absolute Gasteiger partial charge is 0.317 e. The second kappa shape index (κ2) is 4.77. The minimum atomic E-state index is -0.936. The molecule has 56 valence electrons. The molecule has 10 heavy (non-hydrogen) atoms. The van der Waals surface area contributed by atoms with E-state index in [2.05, 4.69) is 5.32 Å². The van der Waals surface area contributed by atoms with E-state index in [4.69, 9.17) is 10.4 Å². The van der Waals surface area contributed by atoms with Gasteiger partial charge in [-0.05, 0) is 6.42 Å². The van der Waals surface area contributed by atoms with Crippen molar-refractivity contribution >= 4 is 5.97 Å². The van der Waals surface area contributed by atoms with Gasteiger partial charge < -0.3 is 5.11 Å². The second-order valence-electron chi connectivity index (χ2n) is 1.86. The summed E-state index contributed by atoms with van der Waals surface area (Å²) < 4.78 is 0. The van der Waals surface area contributed by atoms with Crippen molar-refractivity contribution in [2.75, 3.05) is 6.54 Å². The van der Waals surface area contributed by atoms with Crippen molar-refractivity contribution in [2.24, 2.45) is 0 Å². The summed E-state index contributed by atoms with van der Waals surface area (Å²) in [6.07, 6.45) is 0.629. The molecule has 1 atom stereocenters. The minimum Gasteiger partial charge on any atom is -0.480 e. The van der Waals surface area contributed by atoms with E-state index in [1.54, 1.807) is 0 Å². The third-order valence-electron chi connectivity index (χ3n) is 1.06. The fourth-order valence-electron chi connectivity index (χ4n) is 0.492. The Labute approximate surface area is 59.5 Å². The van der Waals surface area contributed by atoms with Crippen LogP contribution in [0.2, 0.25) is 0 Å². The molecule has 4 nitrogen and oxygen atoms in total. The first-order valence-corrected chi connectivity index (χ1v) is 3.05. The molecule has 0 aliphatic rings. The highest BCUT2D eigenvalue weighted by molar-refractivity contribution is 5.69. The average molecular weight is 142 g/mol. The standard InChI is InChI=1S/C6H10N2O2/c1-2-5(3-7)8-4-6(9)10/h5,8H,2,4H2,1H3,(H,9,10). The molecule has 0 amide bonds. The molecule has 0 bridgehead atoms. The van der Waals surface area contributed by atoms with E-state index < -0.39 is 5.97 Å². The molecule has 0 spiro atoms. The van der Waals surface area contributed by atoms with Gasteiger partial charge in [0.1, 0.15) is 0 Å². The highest BCUT2D eigenvalue weighted by Gasteiger charge is 2.03. The molecule has 0 saturated heterocycles. The number of carbonyl (C=O) groups is 1. The summed E-state index contributed by atoms with van der Waals surface area (Å²) in [5.41, 5.74) is 0. The summed E-state index contributed by atoms with van der Waals surface area (Å²) >= 11 is 0. The topological polar surface area (TPSA) is 73.1 Å². The molecule has 2 N–H and O–H groups in total.